The molecule has 0 spiro atoms. The number of hydrogen-bond donors (Lipinski definition) is 0. The lowest BCUT2D eigenvalue weighted by Gasteiger charge is -2.35. The van der Waals surface area contributed by atoms with Crippen LogP contribution in [0, 0.1) is 5.82 Å². The van der Waals surface area contributed by atoms with Gasteiger partial charge in [-0.05, 0) is 35.9 Å². The van der Waals surface area contributed by atoms with E-state index in [1.807, 2.05) is 12.1 Å². The Hall–Kier alpha value is -3.10. The smallest absolute Gasteiger partial charge is 0.231 e. The lowest BCUT2D eigenvalue weighted by Crippen LogP contribution is -2.46. The molecule has 3 aromatic rings. The Balaban J connectivity index is 1.20. The summed E-state index contributed by atoms with van der Waals surface area (Å²) in [6.07, 6.45) is 1.46. The van der Waals surface area contributed by atoms with Gasteiger partial charge in [-0.1, -0.05) is 17.7 Å². The molecule has 0 N–H and O–H groups in total. The molecular weight excluding hydrogens is 423 g/mol. The monoisotopic (exact) mass is 442 g/mol. The average Bonchev–Trinajstić information content (AvgIpc) is 3.24. The van der Waals surface area contributed by atoms with Gasteiger partial charge in [-0.3, -0.25) is 4.90 Å². The number of halogens is 2. The van der Waals surface area contributed by atoms with Crippen LogP contribution in [0.5, 0.6) is 23.1 Å². The average molecular weight is 443 g/mol. The number of ether oxygens (including phenoxy) is 3. The molecule has 1 fully saturated rings. The van der Waals surface area contributed by atoms with Gasteiger partial charge in [-0.15, -0.1) is 0 Å². The minimum Gasteiger partial charge on any atom is -0.454 e. The first kappa shape index (κ1) is 19.8. The molecule has 0 bridgehead atoms. The third-order valence-electron chi connectivity index (χ3n) is 5.28. The zero-order valence-corrected chi connectivity index (χ0v) is 17.4. The van der Waals surface area contributed by atoms with E-state index in [0.717, 1.165) is 50.0 Å². The van der Waals surface area contributed by atoms with E-state index >= 15 is 0 Å². The van der Waals surface area contributed by atoms with Crippen LogP contribution in [0.25, 0.3) is 0 Å². The highest BCUT2D eigenvalue weighted by atomic mass is 35.5. The van der Waals surface area contributed by atoms with E-state index in [4.69, 9.17) is 25.8 Å². The number of aromatic nitrogens is 2. The van der Waals surface area contributed by atoms with Gasteiger partial charge < -0.3 is 19.1 Å². The lowest BCUT2D eigenvalue weighted by molar-refractivity contribution is 0.174. The van der Waals surface area contributed by atoms with E-state index < -0.39 is 5.82 Å². The summed E-state index contributed by atoms with van der Waals surface area (Å²) in [5.41, 5.74) is 1.20. The van der Waals surface area contributed by atoms with Crippen LogP contribution in [0.1, 0.15) is 5.56 Å². The molecule has 31 heavy (non-hydrogen) atoms. The van der Waals surface area contributed by atoms with Gasteiger partial charge in [0.05, 0.1) is 5.02 Å². The molecular formula is C22H20ClFN4O3. The Bertz CT molecular complexity index is 1090. The molecule has 5 rings (SSSR count). The third-order valence-corrected chi connectivity index (χ3v) is 5.57. The first-order chi connectivity index (χ1) is 15.1. The number of rotatable bonds is 5. The van der Waals surface area contributed by atoms with Crippen molar-refractivity contribution < 1.29 is 18.6 Å². The summed E-state index contributed by atoms with van der Waals surface area (Å²) in [7, 11) is 0. The summed E-state index contributed by atoms with van der Waals surface area (Å²) in [6.45, 7) is 4.61. The van der Waals surface area contributed by atoms with Crippen molar-refractivity contribution >= 4 is 17.4 Å². The number of piperazine rings is 1. The Kier molecular flexibility index (Phi) is 5.48. The highest BCUT2D eigenvalue weighted by Crippen LogP contribution is 2.33. The predicted octanol–water partition coefficient (Wildman–Crippen LogP) is 4.11. The molecule has 0 atom stereocenters. The Labute approximate surface area is 183 Å². The molecule has 0 saturated carbocycles. The van der Waals surface area contributed by atoms with Crippen molar-refractivity contribution in [3.8, 4) is 23.1 Å². The zero-order valence-electron chi connectivity index (χ0n) is 16.6. The van der Waals surface area contributed by atoms with Crippen LogP contribution in [0.2, 0.25) is 5.02 Å². The Morgan fingerprint density at radius 2 is 1.81 bits per heavy atom. The Morgan fingerprint density at radius 1 is 0.968 bits per heavy atom. The van der Waals surface area contributed by atoms with E-state index in [-0.39, 0.29) is 11.8 Å². The van der Waals surface area contributed by atoms with Gasteiger partial charge in [-0.25, -0.2) is 14.4 Å². The molecule has 2 aromatic carbocycles. The maximum absolute atomic E-state index is 13.2. The summed E-state index contributed by atoms with van der Waals surface area (Å²) in [6, 6.07) is 11.8. The fourth-order valence-corrected chi connectivity index (χ4v) is 3.87. The summed E-state index contributed by atoms with van der Waals surface area (Å²) in [5, 5.41) is 0.192. The second kappa shape index (κ2) is 8.56. The van der Waals surface area contributed by atoms with Crippen molar-refractivity contribution in [2.24, 2.45) is 0 Å². The van der Waals surface area contributed by atoms with Crippen molar-refractivity contribution in [3.63, 3.8) is 0 Å². The summed E-state index contributed by atoms with van der Waals surface area (Å²) in [5.74, 6) is 2.69. The summed E-state index contributed by atoms with van der Waals surface area (Å²) >= 11 is 6.04. The topological polar surface area (TPSA) is 60.0 Å². The normalized spacial score (nSPS) is 15.9. The van der Waals surface area contributed by atoms with Gasteiger partial charge >= 0.3 is 0 Å². The molecule has 1 saturated heterocycles. The molecule has 3 heterocycles. The van der Waals surface area contributed by atoms with Crippen molar-refractivity contribution in [1.82, 2.24) is 14.9 Å². The first-order valence-corrected chi connectivity index (χ1v) is 10.3. The summed E-state index contributed by atoms with van der Waals surface area (Å²) < 4.78 is 29.8. The molecule has 0 amide bonds. The number of fused-ring (bicyclic) bond motifs is 1. The van der Waals surface area contributed by atoms with Gasteiger partial charge in [-0.2, -0.15) is 0 Å². The van der Waals surface area contributed by atoms with Crippen LogP contribution in [0.4, 0.5) is 10.2 Å². The van der Waals surface area contributed by atoms with Crippen LogP contribution in [-0.2, 0) is 6.54 Å². The minimum absolute atomic E-state index is 0.192. The van der Waals surface area contributed by atoms with Gasteiger partial charge in [0.2, 0.25) is 12.7 Å². The van der Waals surface area contributed by atoms with Gasteiger partial charge in [0.15, 0.2) is 11.5 Å². The fraction of sp³-hybridized carbons (Fsp3) is 0.273. The molecule has 0 radical (unpaired) electrons. The summed E-state index contributed by atoms with van der Waals surface area (Å²) in [4.78, 5) is 13.1. The minimum atomic E-state index is -0.417. The van der Waals surface area contributed by atoms with Crippen LogP contribution < -0.4 is 19.1 Å². The third kappa shape index (κ3) is 4.50. The van der Waals surface area contributed by atoms with Crippen LogP contribution in [-0.4, -0.2) is 47.8 Å². The molecule has 2 aliphatic rings. The Morgan fingerprint density at radius 3 is 2.65 bits per heavy atom. The van der Waals surface area contributed by atoms with Crippen LogP contribution in [0.15, 0.2) is 48.8 Å². The number of nitrogens with zero attached hydrogens (tertiary/aromatic N) is 4. The number of anilines is 1. The largest absolute Gasteiger partial charge is 0.454 e. The van der Waals surface area contributed by atoms with Crippen molar-refractivity contribution in [2.75, 3.05) is 37.9 Å². The molecule has 7 nitrogen and oxygen atoms in total. The molecule has 160 valence electrons. The number of benzene rings is 2. The van der Waals surface area contributed by atoms with Crippen molar-refractivity contribution in [2.45, 2.75) is 6.54 Å². The maximum atomic E-state index is 13.2. The van der Waals surface area contributed by atoms with E-state index in [9.17, 15) is 4.39 Å². The second-order valence-electron chi connectivity index (χ2n) is 7.34. The zero-order chi connectivity index (χ0) is 21.2. The van der Waals surface area contributed by atoms with Crippen molar-refractivity contribution in [1.29, 1.82) is 0 Å². The van der Waals surface area contributed by atoms with E-state index in [2.05, 4.69) is 25.8 Å². The van der Waals surface area contributed by atoms with Gasteiger partial charge in [0.25, 0.3) is 0 Å². The molecule has 1 aromatic heterocycles. The molecule has 2 aliphatic heterocycles. The molecule has 9 heteroatoms. The quantitative estimate of drug-likeness (QED) is 0.589. The first-order valence-electron chi connectivity index (χ1n) is 9.95. The van der Waals surface area contributed by atoms with Crippen molar-refractivity contribution in [3.05, 3.63) is 65.2 Å². The van der Waals surface area contributed by atoms with Crippen LogP contribution >= 0.6 is 11.6 Å². The standard InChI is InChI=1S/C22H20ClFN4O3/c23-17-10-16(24)2-4-18(17)31-22-11-21(25-13-26-22)28-7-5-27(6-8-28)12-15-1-3-19-20(9-15)30-14-29-19/h1-4,9-11,13H,5-8,12,14H2. The van der Waals surface area contributed by atoms with Gasteiger partial charge in [0.1, 0.15) is 23.7 Å². The second-order valence-corrected chi connectivity index (χ2v) is 7.75. The lowest BCUT2D eigenvalue weighted by atomic mass is 10.1. The molecule has 0 aliphatic carbocycles. The molecule has 0 unspecified atom stereocenters. The van der Waals surface area contributed by atoms with E-state index in [1.165, 1.54) is 30.1 Å². The maximum Gasteiger partial charge on any atom is 0.231 e. The highest BCUT2D eigenvalue weighted by molar-refractivity contribution is 6.32. The number of hydrogen-bond acceptors (Lipinski definition) is 7. The SMILES string of the molecule is Fc1ccc(Oc2cc(N3CCN(Cc4ccc5c(c4)OCO5)CC3)ncn2)c(Cl)c1. The van der Waals surface area contributed by atoms with Gasteiger partial charge in [0, 0.05) is 38.8 Å². The predicted molar refractivity (Wildman–Crippen MR) is 114 cm³/mol. The fourth-order valence-electron chi connectivity index (χ4n) is 3.66. The van der Waals surface area contributed by atoms with Crippen LogP contribution in [0.3, 0.4) is 0 Å². The van der Waals surface area contributed by atoms with E-state index in [1.54, 1.807) is 6.07 Å². The van der Waals surface area contributed by atoms with E-state index in [0.29, 0.717) is 11.6 Å². The highest BCUT2D eigenvalue weighted by Gasteiger charge is 2.20.